The number of hydrogen-bond donors (Lipinski definition) is 3. The Morgan fingerprint density at radius 2 is 1.70 bits per heavy atom. The Hall–Kier alpha value is -3.66. The highest BCUT2D eigenvalue weighted by Gasteiger charge is 2.24. The van der Waals surface area contributed by atoms with Crippen LogP contribution in [0, 0.1) is 0 Å². The maximum atomic E-state index is 5.67. The fraction of sp³-hybridized carbons (Fsp3) is 0.474. The molecule has 2 rings (SSSR count). The number of nitrogens with one attached hydrogen (secondary N) is 1. The molecule has 0 unspecified atom stereocenters. The summed E-state index contributed by atoms with van der Waals surface area (Å²) in [6.07, 6.45) is 20.4. The van der Waals surface area contributed by atoms with Gasteiger partial charge in [-0.15, -0.1) is 11.5 Å². The summed E-state index contributed by atoms with van der Waals surface area (Å²) >= 11 is 0. The number of unbranched alkanes of at least 4 members (excludes halogenated alkanes) is 1. The highest BCUT2D eigenvalue weighted by Crippen LogP contribution is 2.33. The maximum absolute atomic E-state index is 5.67. The number of nitrogens with two attached hydrogens (primary N) is 2. The molecule has 0 radical (unpaired) electrons. The molecular weight excluding hydrogens is 540 g/mol. The van der Waals surface area contributed by atoms with Crippen LogP contribution in [0.3, 0.4) is 0 Å². The van der Waals surface area contributed by atoms with E-state index in [4.69, 9.17) is 5.73 Å². The highest BCUT2D eigenvalue weighted by molar-refractivity contribution is 5.51. The van der Waals surface area contributed by atoms with Gasteiger partial charge in [0.1, 0.15) is 0 Å². The van der Waals surface area contributed by atoms with Crippen molar-refractivity contribution in [1.82, 2.24) is 20.2 Å². The zero-order valence-corrected chi connectivity index (χ0v) is 28.9. The Balaban J connectivity index is 0.00000347. The number of hydrogen-bond acceptors (Lipinski definition) is 6. The number of piperazine rings is 1. The van der Waals surface area contributed by atoms with E-state index in [0.717, 1.165) is 89.2 Å². The largest absolute Gasteiger partial charge is 0.405 e. The van der Waals surface area contributed by atoms with Crippen LogP contribution in [0.15, 0.2) is 120 Å². The molecule has 6 heteroatoms. The third-order valence-corrected chi connectivity index (χ3v) is 7.06. The minimum absolute atomic E-state index is 0.756. The highest BCUT2D eigenvalue weighted by atomic mass is 15.5. The molecule has 1 aliphatic heterocycles. The molecule has 0 bridgehead atoms. The fourth-order valence-electron chi connectivity index (χ4n) is 4.78. The third-order valence-electron chi connectivity index (χ3n) is 7.06. The van der Waals surface area contributed by atoms with Crippen molar-refractivity contribution in [1.29, 1.82) is 0 Å². The standard InChI is InChI=1S/C34H51N5.C2H5N.C2H6/c1-8-10-11-14-21-37(7)36-33(9-2)31-19-20-34(32(27-31)29(5)18-17-28(3)4)39-25-23-38(24-26-39)22-15-12-13-16-30(6)35;1-2-3;1-2/h10,12,15,17-18,27,36H,1-2,6,11,13-14,16,19-26,35H2,3-5,7H3;2H,1,3H2;1-2H3/b15-12-,29-18+;;. The van der Waals surface area contributed by atoms with Gasteiger partial charge in [0.2, 0.25) is 0 Å². The van der Waals surface area contributed by atoms with Crippen molar-refractivity contribution in [2.24, 2.45) is 11.5 Å². The summed E-state index contributed by atoms with van der Waals surface area (Å²) in [5.41, 5.74) is 28.2. The van der Waals surface area contributed by atoms with Crippen molar-refractivity contribution in [3.05, 3.63) is 120 Å². The van der Waals surface area contributed by atoms with Crippen LogP contribution in [-0.2, 0) is 0 Å². The first-order valence-electron chi connectivity index (χ1n) is 16.0. The average molecular weight is 603 g/mol. The van der Waals surface area contributed by atoms with Crippen LogP contribution in [0.5, 0.6) is 0 Å². The molecule has 0 aromatic rings. The number of hydrazine groups is 1. The lowest BCUT2D eigenvalue weighted by molar-refractivity contribution is 0.167. The molecular formula is C38H62N6. The van der Waals surface area contributed by atoms with Gasteiger partial charge in [0.05, 0.1) is 5.70 Å². The monoisotopic (exact) mass is 603 g/mol. The molecule has 1 heterocycles. The van der Waals surface area contributed by atoms with Crippen molar-refractivity contribution >= 4 is 0 Å². The van der Waals surface area contributed by atoms with Crippen LogP contribution in [-0.4, -0.2) is 61.1 Å². The second kappa shape index (κ2) is 24.7. The van der Waals surface area contributed by atoms with E-state index in [1.807, 2.05) is 19.9 Å². The molecule has 2 aliphatic rings. The smallest absolute Gasteiger partial charge is 0.0945 e. The zero-order valence-electron chi connectivity index (χ0n) is 28.9. The first-order chi connectivity index (χ1) is 21.2. The van der Waals surface area contributed by atoms with Crippen molar-refractivity contribution in [2.75, 3.05) is 46.3 Å². The van der Waals surface area contributed by atoms with E-state index in [9.17, 15) is 0 Å². The van der Waals surface area contributed by atoms with Crippen LogP contribution < -0.4 is 16.9 Å². The summed E-state index contributed by atoms with van der Waals surface area (Å²) in [7, 11) is 2.07. The van der Waals surface area contributed by atoms with Crippen LogP contribution >= 0.6 is 0 Å². The van der Waals surface area contributed by atoms with Gasteiger partial charge in [-0.05, 0) is 94.4 Å². The molecule has 244 valence electrons. The minimum atomic E-state index is 0.756. The summed E-state index contributed by atoms with van der Waals surface area (Å²) in [5, 5.41) is 2.12. The summed E-state index contributed by atoms with van der Waals surface area (Å²) < 4.78 is 0. The summed E-state index contributed by atoms with van der Waals surface area (Å²) in [5.74, 6) is 0. The SMILES string of the molecule is C=C=CCCCN(C)NC(=C=C)C1=CC(/C(C)=C/C=C(C)C)=C(N2CCN(C/C=C\CCC(=C)N)CC2)CC1.C=CN.CC. The molecule has 5 N–H and O–H groups in total. The van der Waals surface area contributed by atoms with Crippen molar-refractivity contribution in [2.45, 2.75) is 73.1 Å². The zero-order chi connectivity index (χ0) is 33.3. The van der Waals surface area contributed by atoms with Crippen LogP contribution in [0.4, 0.5) is 0 Å². The second-order valence-corrected chi connectivity index (χ2v) is 11.0. The van der Waals surface area contributed by atoms with E-state index in [1.54, 1.807) is 0 Å². The average Bonchev–Trinajstić information content (AvgIpc) is 3.02. The molecule has 6 nitrogen and oxygen atoms in total. The normalized spacial score (nSPS) is 15.1. The molecule has 44 heavy (non-hydrogen) atoms. The predicted octanol–water partition coefficient (Wildman–Crippen LogP) is 7.64. The van der Waals surface area contributed by atoms with E-state index in [-0.39, 0.29) is 0 Å². The summed E-state index contributed by atoms with van der Waals surface area (Å²) in [6.45, 7) is 31.2. The van der Waals surface area contributed by atoms with Gasteiger partial charge in [-0.1, -0.05) is 70.0 Å². The number of nitrogens with zero attached hydrogens (tertiary/aromatic N) is 3. The van der Waals surface area contributed by atoms with Crippen molar-refractivity contribution in [3.8, 4) is 0 Å². The maximum Gasteiger partial charge on any atom is 0.0945 e. The third kappa shape index (κ3) is 16.8. The molecule has 0 spiro atoms. The first kappa shape index (κ1) is 40.3. The molecule has 1 saturated heterocycles. The molecule has 1 fully saturated rings. The lowest BCUT2D eigenvalue weighted by Gasteiger charge is -2.39. The first-order valence-corrected chi connectivity index (χ1v) is 16.0. The van der Waals surface area contributed by atoms with Crippen LogP contribution in [0.25, 0.3) is 0 Å². The van der Waals surface area contributed by atoms with E-state index in [0.29, 0.717) is 0 Å². The molecule has 0 aromatic heterocycles. The van der Waals surface area contributed by atoms with Crippen molar-refractivity contribution in [3.63, 3.8) is 0 Å². The minimum Gasteiger partial charge on any atom is -0.405 e. The molecule has 0 aromatic carbocycles. The van der Waals surface area contributed by atoms with Gasteiger partial charge in [0, 0.05) is 57.7 Å². The second-order valence-electron chi connectivity index (χ2n) is 11.0. The Morgan fingerprint density at radius 1 is 1.05 bits per heavy atom. The number of rotatable bonds is 15. The van der Waals surface area contributed by atoms with Crippen molar-refractivity contribution < 1.29 is 0 Å². The Morgan fingerprint density at radius 3 is 2.27 bits per heavy atom. The fourth-order valence-corrected chi connectivity index (χ4v) is 4.78. The molecule has 1 aliphatic carbocycles. The van der Waals surface area contributed by atoms with Crippen LogP contribution in [0.2, 0.25) is 0 Å². The lowest BCUT2D eigenvalue weighted by Crippen LogP contribution is -2.46. The van der Waals surface area contributed by atoms with Gasteiger partial charge in [-0.2, -0.15) is 0 Å². The van der Waals surface area contributed by atoms with E-state index >= 15 is 0 Å². The Kier molecular flexibility index (Phi) is 22.7. The molecule has 0 atom stereocenters. The Labute approximate surface area is 270 Å². The van der Waals surface area contributed by atoms with Gasteiger partial charge in [-0.3, -0.25) is 4.90 Å². The van der Waals surface area contributed by atoms with Gasteiger partial charge in [0.25, 0.3) is 0 Å². The summed E-state index contributed by atoms with van der Waals surface area (Å²) in [4.78, 5) is 5.13. The van der Waals surface area contributed by atoms with E-state index in [1.165, 1.54) is 34.2 Å². The summed E-state index contributed by atoms with van der Waals surface area (Å²) in [6, 6.07) is 0. The topological polar surface area (TPSA) is 73.8 Å². The van der Waals surface area contributed by atoms with E-state index in [2.05, 4.69) is 122 Å². The van der Waals surface area contributed by atoms with Gasteiger partial charge >= 0.3 is 0 Å². The predicted molar refractivity (Wildman–Crippen MR) is 194 cm³/mol. The van der Waals surface area contributed by atoms with E-state index < -0.39 is 0 Å². The van der Waals surface area contributed by atoms with Gasteiger partial charge < -0.3 is 21.8 Å². The molecule has 0 saturated carbocycles. The van der Waals surface area contributed by atoms with Gasteiger partial charge in [-0.25, -0.2) is 5.01 Å². The molecule has 0 amide bonds. The van der Waals surface area contributed by atoms with Gasteiger partial charge in [0.15, 0.2) is 0 Å². The lowest BCUT2D eigenvalue weighted by atomic mass is 9.89. The van der Waals surface area contributed by atoms with Crippen LogP contribution in [0.1, 0.15) is 73.1 Å². The quantitative estimate of drug-likeness (QED) is 0.0588. The number of allylic oxidation sites excluding steroid dienone is 11. The Bertz CT molecular complexity index is 1120.